The van der Waals surface area contributed by atoms with Gasteiger partial charge in [0.2, 0.25) is 0 Å². The van der Waals surface area contributed by atoms with Crippen molar-refractivity contribution in [2.75, 3.05) is 31.2 Å². The highest BCUT2D eigenvalue weighted by Gasteiger charge is 2.25. The van der Waals surface area contributed by atoms with E-state index < -0.39 is 10.8 Å². The lowest BCUT2D eigenvalue weighted by Gasteiger charge is -2.29. The number of hydrogen-bond acceptors (Lipinski definition) is 3. The summed E-state index contributed by atoms with van der Waals surface area (Å²) in [6.45, 7) is 2.83. The van der Waals surface area contributed by atoms with Crippen LogP contribution in [0.15, 0.2) is 24.3 Å². The summed E-state index contributed by atoms with van der Waals surface area (Å²) in [5.41, 5.74) is 1.24. The molecule has 0 radical (unpaired) electrons. The number of hydrogen-bond donors (Lipinski definition) is 1. The Morgan fingerprint density at radius 1 is 1.28 bits per heavy atom. The van der Waals surface area contributed by atoms with Gasteiger partial charge in [0.25, 0.3) is 0 Å². The third kappa shape index (κ3) is 2.59. The third-order valence-electron chi connectivity index (χ3n) is 3.76. The molecule has 0 aliphatic carbocycles. The lowest BCUT2D eigenvalue weighted by Crippen LogP contribution is -2.45. The van der Waals surface area contributed by atoms with Crippen molar-refractivity contribution in [3.63, 3.8) is 0 Å². The number of para-hydroxylation sites is 1. The third-order valence-corrected chi connectivity index (χ3v) is 5.37. The van der Waals surface area contributed by atoms with E-state index in [1.165, 1.54) is 5.56 Å². The smallest absolute Gasteiger partial charge is 0.122 e. The van der Waals surface area contributed by atoms with Crippen LogP contribution in [-0.2, 0) is 10.8 Å². The molecule has 2 unspecified atom stereocenters. The Hall–Kier alpha value is -0.870. The maximum absolute atomic E-state index is 12.2. The maximum atomic E-state index is 12.2. The van der Waals surface area contributed by atoms with E-state index in [0.29, 0.717) is 11.8 Å². The topological polar surface area (TPSA) is 38.3 Å². The zero-order valence-electron chi connectivity index (χ0n) is 10.4. The van der Waals surface area contributed by atoms with E-state index in [1.54, 1.807) is 0 Å². The monoisotopic (exact) mass is 265 g/mol. The second kappa shape index (κ2) is 5.41. The molecule has 1 fully saturated rings. The van der Waals surface area contributed by atoms with Gasteiger partial charge >= 0.3 is 0 Å². The van der Waals surface area contributed by atoms with Crippen LogP contribution in [0.4, 0.5) is 0 Å². The second-order valence-corrected chi connectivity index (χ2v) is 6.72. The highest BCUT2D eigenvalue weighted by atomic mass is 32.2. The number of benzene rings is 1. The van der Waals surface area contributed by atoms with Crippen LogP contribution in [0.3, 0.4) is 0 Å². The Bertz CT molecular complexity index is 445. The molecule has 0 bridgehead atoms. The molecule has 0 aromatic heterocycles. The molecule has 2 aliphatic rings. The summed E-state index contributed by atoms with van der Waals surface area (Å²) in [6.07, 6.45) is 0.992. The predicted octanol–water partition coefficient (Wildman–Crippen LogP) is 1.52. The van der Waals surface area contributed by atoms with E-state index in [-0.39, 0.29) is 0 Å². The Labute approximate surface area is 110 Å². The molecule has 1 aromatic rings. The molecule has 1 N–H and O–H groups in total. The number of fused-ring (bicyclic) bond motifs is 1. The minimum absolute atomic E-state index is 0.406. The first-order valence-corrected chi connectivity index (χ1v) is 8.09. The van der Waals surface area contributed by atoms with Crippen molar-refractivity contribution in [3.05, 3.63) is 29.8 Å². The molecular weight excluding hydrogens is 246 g/mol. The van der Waals surface area contributed by atoms with Crippen LogP contribution in [0.25, 0.3) is 0 Å². The van der Waals surface area contributed by atoms with Crippen LogP contribution in [0.1, 0.15) is 17.9 Å². The summed E-state index contributed by atoms with van der Waals surface area (Å²) < 4.78 is 17.8. The largest absolute Gasteiger partial charge is 0.493 e. The highest BCUT2D eigenvalue weighted by molar-refractivity contribution is 7.85. The quantitative estimate of drug-likeness (QED) is 0.897. The molecule has 3 rings (SSSR count). The van der Waals surface area contributed by atoms with Gasteiger partial charge in [-0.25, -0.2) is 0 Å². The van der Waals surface area contributed by atoms with Gasteiger partial charge in [-0.1, -0.05) is 18.2 Å². The lowest BCUT2D eigenvalue weighted by atomic mass is 9.95. The van der Waals surface area contributed by atoms with Gasteiger partial charge < -0.3 is 10.1 Å². The fourth-order valence-corrected chi connectivity index (χ4v) is 4.30. The van der Waals surface area contributed by atoms with Crippen molar-refractivity contribution < 1.29 is 8.95 Å². The molecule has 18 heavy (non-hydrogen) atoms. The van der Waals surface area contributed by atoms with Gasteiger partial charge in [0.1, 0.15) is 5.75 Å². The Morgan fingerprint density at radius 3 is 2.89 bits per heavy atom. The minimum Gasteiger partial charge on any atom is -0.493 e. The van der Waals surface area contributed by atoms with E-state index in [1.807, 2.05) is 18.2 Å². The van der Waals surface area contributed by atoms with E-state index in [9.17, 15) is 4.21 Å². The molecular formula is C14H19NO2S. The molecule has 2 atom stereocenters. The second-order valence-electron chi connectivity index (χ2n) is 5.17. The Kier molecular flexibility index (Phi) is 3.66. The molecule has 3 nitrogen and oxygen atoms in total. The summed E-state index contributed by atoms with van der Waals surface area (Å²) in [5.74, 6) is 3.66. The standard InChI is InChI=1S/C14H19NO2S/c16-18(9-11-7-15-8-11)10-12-5-6-17-14-4-2-1-3-13(12)14/h1-4,11-12,15H,5-10H2. The van der Waals surface area contributed by atoms with E-state index in [4.69, 9.17) is 4.74 Å². The van der Waals surface area contributed by atoms with Gasteiger partial charge in [-0.15, -0.1) is 0 Å². The summed E-state index contributed by atoms with van der Waals surface area (Å²) in [5, 5.41) is 3.23. The molecule has 0 amide bonds. The number of ether oxygens (including phenoxy) is 1. The van der Waals surface area contributed by atoms with Crippen molar-refractivity contribution >= 4 is 10.8 Å². The number of rotatable bonds is 4. The zero-order valence-corrected chi connectivity index (χ0v) is 11.2. The van der Waals surface area contributed by atoms with Crippen LogP contribution < -0.4 is 10.1 Å². The van der Waals surface area contributed by atoms with Crippen LogP contribution in [0, 0.1) is 5.92 Å². The molecule has 2 heterocycles. The first-order chi connectivity index (χ1) is 8.83. The van der Waals surface area contributed by atoms with Gasteiger partial charge in [0.15, 0.2) is 0 Å². The van der Waals surface area contributed by atoms with Crippen LogP contribution in [0.5, 0.6) is 5.75 Å². The van der Waals surface area contributed by atoms with E-state index in [2.05, 4.69) is 11.4 Å². The van der Waals surface area contributed by atoms with Crippen molar-refractivity contribution in [2.24, 2.45) is 5.92 Å². The molecule has 1 saturated heterocycles. The van der Waals surface area contributed by atoms with E-state index in [0.717, 1.165) is 43.4 Å². The first kappa shape index (κ1) is 12.2. The SMILES string of the molecule is O=S(CC1CNC1)CC1CCOc2ccccc21. The molecule has 0 saturated carbocycles. The van der Waals surface area contributed by atoms with Crippen molar-refractivity contribution in [3.8, 4) is 5.75 Å². The summed E-state index contributed by atoms with van der Waals surface area (Å²) in [7, 11) is -0.699. The summed E-state index contributed by atoms with van der Waals surface area (Å²) >= 11 is 0. The molecule has 2 aliphatic heterocycles. The van der Waals surface area contributed by atoms with Crippen molar-refractivity contribution in [1.29, 1.82) is 0 Å². The lowest BCUT2D eigenvalue weighted by molar-refractivity contribution is 0.273. The Balaban J connectivity index is 1.64. The Morgan fingerprint density at radius 2 is 2.11 bits per heavy atom. The summed E-state index contributed by atoms with van der Waals surface area (Å²) in [6, 6.07) is 8.17. The minimum atomic E-state index is -0.699. The average molecular weight is 265 g/mol. The molecule has 98 valence electrons. The zero-order chi connectivity index (χ0) is 12.4. The van der Waals surface area contributed by atoms with Crippen molar-refractivity contribution in [1.82, 2.24) is 5.32 Å². The fourth-order valence-electron chi connectivity index (χ4n) is 2.61. The van der Waals surface area contributed by atoms with Crippen LogP contribution in [0.2, 0.25) is 0 Å². The predicted molar refractivity (Wildman–Crippen MR) is 73.5 cm³/mol. The summed E-state index contributed by atoms with van der Waals surface area (Å²) in [4.78, 5) is 0. The maximum Gasteiger partial charge on any atom is 0.122 e. The van der Waals surface area contributed by atoms with Crippen LogP contribution in [-0.4, -0.2) is 35.4 Å². The normalized spacial score (nSPS) is 24.8. The van der Waals surface area contributed by atoms with E-state index >= 15 is 0 Å². The van der Waals surface area contributed by atoms with Gasteiger partial charge in [-0.2, -0.15) is 0 Å². The van der Waals surface area contributed by atoms with Gasteiger partial charge in [0, 0.05) is 41.3 Å². The highest BCUT2D eigenvalue weighted by Crippen LogP contribution is 2.33. The molecule has 0 spiro atoms. The van der Waals surface area contributed by atoms with Crippen LogP contribution >= 0.6 is 0 Å². The van der Waals surface area contributed by atoms with Gasteiger partial charge in [-0.05, 0) is 24.0 Å². The first-order valence-electron chi connectivity index (χ1n) is 6.60. The van der Waals surface area contributed by atoms with Crippen molar-refractivity contribution in [2.45, 2.75) is 12.3 Å². The fraction of sp³-hybridized carbons (Fsp3) is 0.571. The molecule has 1 aromatic carbocycles. The molecule has 4 heteroatoms. The number of nitrogens with one attached hydrogen (secondary N) is 1. The average Bonchev–Trinajstić information content (AvgIpc) is 2.34. The van der Waals surface area contributed by atoms with Gasteiger partial charge in [-0.3, -0.25) is 4.21 Å². The van der Waals surface area contributed by atoms with Gasteiger partial charge in [0.05, 0.1) is 6.61 Å².